The van der Waals surface area contributed by atoms with Crippen LogP contribution in [0.3, 0.4) is 0 Å². The Balaban J connectivity index is 2.39. The zero-order valence-electron chi connectivity index (χ0n) is 9.97. The maximum atomic E-state index is 13.4. The zero-order valence-corrected chi connectivity index (χ0v) is 12.3. The molecule has 0 aliphatic carbocycles. The third-order valence-corrected chi connectivity index (χ3v) is 3.92. The summed E-state index contributed by atoms with van der Waals surface area (Å²) in [6, 6.07) is 2.92. The second-order valence-electron chi connectivity index (χ2n) is 4.40. The number of hydrogen-bond donors (Lipinski definition) is 1. The predicted molar refractivity (Wildman–Crippen MR) is 72.4 cm³/mol. The summed E-state index contributed by atoms with van der Waals surface area (Å²) in [6.45, 7) is 1.82. The van der Waals surface area contributed by atoms with Crippen molar-refractivity contribution < 1.29 is 13.2 Å². The molecule has 1 saturated heterocycles. The van der Waals surface area contributed by atoms with Crippen molar-refractivity contribution in [3.8, 4) is 0 Å². The van der Waals surface area contributed by atoms with E-state index in [9.17, 15) is 13.2 Å². The van der Waals surface area contributed by atoms with E-state index in [0.717, 1.165) is 0 Å². The molecular formula is C12H13BrClF3N2. The topological polar surface area (TPSA) is 15.3 Å². The number of nitrogens with zero attached hydrogens (tertiary/aromatic N) is 1. The normalized spacial score (nSPS) is 19.4. The van der Waals surface area contributed by atoms with E-state index in [1.165, 1.54) is 17.0 Å². The molecular weight excluding hydrogens is 344 g/mol. The molecule has 1 aliphatic rings. The molecule has 1 fully saturated rings. The van der Waals surface area contributed by atoms with E-state index >= 15 is 0 Å². The SMILES string of the molecule is FC(F)(F)[C@@H](c1cc(Br)ccc1Cl)N1CCNCC1. The molecule has 0 radical (unpaired) electrons. The van der Waals surface area contributed by atoms with Gasteiger partial charge < -0.3 is 5.32 Å². The summed E-state index contributed by atoms with van der Waals surface area (Å²) in [7, 11) is 0. The van der Waals surface area contributed by atoms with Crippen molar-refractivity contribution in [1.29, 1.82) is 0 Å². The van der Waals surface area contributed by atoms with E-state index in [-0.39, 0.29) is 10.6 Å². The van der Waals surface area contributed by atoms with Gasteiger partial charge in [-0.25, -0.2) is 0 Å². The minimum absolute atomic E-state index is 0.102. The predicted octanol–water partition coefficient (Wildman–Crippen LogP) is 3.61. The van der Waals surface area contributed by atoms with Crippen LogP contribution in [0.4, 0.5) is 13.2 Å². The summed E-state index contributed by atoms with van der Waals surface area (Å²) < 4.78 is 40.7. The summed E-state index contributed by atoms with van der Waals surface area (Å²) >= 11 is 9.15. The molecule has 2 nitrogen and oxygen atoms in total. The van der Waals surface area contributed by atoms with Crippen molar-refractivity contribution in [1.82, 2.24) is 10.2 Å². The number of nitrogens with one attached hydrogen (secondary N) is 1. The standard InChI is InChI=1S/C12H13BrClF3N2/c13-8-1-2-10(14)9(7-8)11(12(15,16)17)19-5-3-18-4-6-19/h1-2,7,11,18H,3-6H2/t11-/m1/s1. The monoisotopic (exact) mass is 356 g/mol. The smallest absolute Gasteiger partial charge is 0.314 e. The van der Waals surface area contributed by atoms with Crippen LogP contribution in [0.25, 0.3) is 0 Å². The quantitative estimate of drug-likeness (QED) is 0.870. The van der Waals surface area contributed by atoms with Gasteiger partial charge in [0.2, 0.25) is 0 Å². The van der Waals surface area contributed by atoms with Crippen LogP contribution >= 0.6 is 27.5 Å². The van der Waals surface area contributed by atoms with Crippen LogP contribution in [0.5, 0.6) is 0 Å². The van der Waals surface area contributed by atoms with E-state index in [1.807, 2.05) is 0 Å². The molecule has 0 amide bonds. The Kier molecular flexibility index (Phi) is 4.76. The number of rotatable bonds is 2. The molecule has 1 aromatic carbocycles. The van der Waals surface area contributed by atoms with Crippen molar-refractivity contribution in [3.63, 3.8) is 0 Å². The first-order chi connectivity index (χ1) is 8.89. The largest absolute Gasteiger partial charge is 0.408 e. The van der Waals surface area contributed by atoms with Gasteiger partial charge in [0, 0.05) is 35.7 Å². The third kappa shape index (κ3) is 3.62. The summed E-state index contributed by atoms with van der Waals surface area (Å²) in [5.74, 6) is 0. The van der Waals surface area contributed by atoms with Crippen LogP contribution in [-0.2, 0) is 0 Å². The molecule has 0 spiro atoms. The fraction of sp³-hybridized carbons (Fsp3) is 0.500. The van der Waals surface area contributed by atoms with Gasteiger partial charge >= 0.3 is 6.18 Å². The Hall–Kier alpha value is -0.300. The molecule has 0 unspecified atom stereocenters. The van der Waals surface area contributed by atoms with Crippen molar-refractivity contribution in [2.75, 3.05) is 26.2 Å². The lowest BCUT2D eigenvalue weighted by Crippen LogP contribution is -2.49. The van der Waals surface area contributed by atoms with Crippen LogP contribution in [0.2, 0.25) is 5.02 Å². The molecule has 106 valence electrons. The summed E-state index contributed by atoms with van der Waals surface area (Å²) in [5, 5.41) is 3.19. The van der Waals surface area contributed by atoms with Gasteiger partial charge in [0.25, 0.3) is 0 Å². The van der Waals surface area contributed by atoms with Gasteiger partial charge in [0.05, 0.1) is 0 Å². The van der Waals surface area contributed by atoms with Crippen LogP contribution < -0.4 is 5.32 Å². The second-order valence-corrected chi connectivity index (χ2v) is 5.72. The zero-order chi connectivity index (χ0) is 14.0. The van der Waals surface area contributed by atoms with E-state index in [1.54, 1.807) is 6.07 Å². The summed E-state index contributed by atoms with van der Waals surface area (Å²) in [6.07, 6.45) is -4.35. The van der Waals surface area contributed by atoms with Crippen molar-refractivity contribution in [2.24, 2.45) is 0 Å². The van der Waals surface area contributed by atoms with Gasteiger partial charge in [0.1, 0.15) is 6.04 Å². The molecule has 1 aliphatic heterocycles. The Morgan fingerprint density at radius 3 is 2.47 bits per heavy atom. The molecule has 0 aromatic heterocycles. The highest BCUT2D eigenvalue weighted by atomic mass is 79.9. The molecule has 0 bridgehead atoms. The van der Waals surface area contributed by atoms with Gasteiger partial charge in [-0.2, -0.15) is 13.2 Å². The van der Waals surface area contributed by atoms with Crippen molar-refractivity contribution >= 4 is 27.5 Å². The lowest BCUT2D eigenvalue weighted by Gasteiger charge is -2.36. The number of halogens is 5. The first-order valence-electron chi connectivity index (χ1n) is 5.86. The number of alkyl halides is 3. The van der Waals surface area contributed by atoms with Crippen LogP contribution in [-0.4, -0.2) is 37.3 Å². The molecule has 1 N–H and O–H groups in total. The molecule has 1 heterocycles. The fourth-order valence-electron chi connectivity index (χ4n) is 2.24. The lowest BCUT2D eigenvalue weighted by atomic mass is 10.0. The van der Waals surface area contributed by atoms with Gasteiger partial charge in [-0.3, -0.25) is 4.90 Å². The lowest BCUT2D eigenvalue weighted by molar-refractivity contribution is -0.187. The van der Waals surface area contributed by atoms with Gasteiger partial charge in [-0.1, -0.05) is 27.5 Å². The Morgan fingerprint density at radius 1 is 1.26 bits per heavy atom. The molecule has 0 saturated carbocycles. The van der Waals surface area contributed by atoms with Crippen molar-refractivity contribution in [3.05, 3.63) is 33.3 Å². The number of benzene rings is 1. The third-order valence-electron chi connectivity index (χ3n) is 3.08. The number of hydrogen-bond acceptors (Lipinski definition) is 2. The van der Waals surface area contributed by atoms with Crippen LogP contribution in [0, 0.1) is 0 Å². The first-order valence-corrected chi connectivity index (χ1v) is 7.03. The molecule has 1 atom stereocenters. The first kappa shape index (κ1) is 15.1. The van der Waals surface area contributed by atoms with E-state index in [0.29, 0.717) is 30.7 Å². The molecule has 7 heteroatoms. The highest BCUT2D eigenvalue weighted by Gasteiger charge is 2.45. The van der Waals surface area contributed by atoms with Gasteiger partial charge in [0.15, 0.2) is 0 Å². The number of piperazine rings is 1. The molecule has 2 rings (SSSR count). The maximum absolute atomic E-state index is 13.4. The van der Waals surface area contributed by atoms with Gasteiger partial charge in [-0.15, -0.1) is 0 Å². The second kappa shape index (κ2) is 5.99. The summed E-state index contributed by atoms with van der Waals surface area (Å²) in [4.78, 5) is 1.42. The van der Waals surface area contributed by atoms with Crippen molar-refractivity contribution in [2.45, 2.75) is 12.2 Å². The minimum Gasteiger partial charge on any atom is -0.314 e. The average molecular weight is 358 g/mol. The highest BCUT2D eigenvalue weighted by molar-refractivity contribution is 9.10. The average Bonchev–Trinajstić information content (AvgIpc) is 2.33. The molecule has 1 aromatic rings. The molecule has 19 heavy (non-hydrogen) atoms. The highest BCUT2D eigenvalue weighted by Crippen LogP contribution is 2.41. The Labute approximate surface area is 123 Å². The van der Waals surface area contributed by atoms with Gasteiger partial charge in [-0.05, 0) is 23.8 Å². The Morgan fingerprint density at radius 2 is 1.89 bits per heavy atom. The van der Waals surface area contributed by atoms with E-state index in [2.05, 4.69) is 21.2 Å². The van der Waals surface area contributed by atoms with Crippen LogP contribution in [0.1, 0.15) is 11.6 Å². The van der Waals surface area contributed by atoms with E-state index in [4.69, 9.17) is 11.6 Å². The maximum Gasteiger partial charge on any atom is 0.408 e. The van der Waals surface area contributed by atoms with Crippen LogP contribution in [0.15, 0.2) is 22.7 Å². The minimum atomic E-state index is -4.35. The summed E-state index contributed by atoms with van der Waals surface area (Å²) in [5.41, 5.74) is 0.102. The fourth-order valence-corrected chi connectivity index (χ4v) is 2.84. The van der Waals surface area contributed by atoms with E-state index < -0.39 is 12.2 Å². The Bertz CT molecular complexity index is 447.